The highest BCUT2D eigenvalue weighted by molar-refractivity contribution is 5.81. The van der Waals surface area contributed by atoms with E-state index in [4.69, 9.17) is 4.74 Å². The van der Waals surface area contributed by atoms with Gasteiger partial charge in [0.2, 0.25) is 5.91 Å². The molecule has 0 saturated carbocycles. The van der Waals surface area contributed by atoms with E-state index in [1.807, 2.05) is 58.9 Å². The van der Waals surface area contributed by atoms with E-state index in [0.29, 0.717) is 0 Å². The average Bonchev–Trinajstić information content (AvgIpc) is 2.34. The maximum absolute atomic E-state index is 11.7. The summed E-state index contributed by atoms with van der Waals surface area (Å²) in [5.41, 5.74) is 0.310. The van der Waals surface area contributed by atoms with E-state index in [2.05, 4.69) is 5.32 Å². The zero-order valence-electron chi connectivity index (χ0n) is 12.9. The second-order valence-corrected chi connectivity index (χ2v) is 6.21. The molecule has 1 aromatic rings. The van der Waals surface area contributed by atoms with Crippen LogP contribution in [0.4, 0.5) is 0 Å². The Morgan fingerprint density at radius 2 is 1.80 bits per heavy atom. The zero-order chi connectivity index (χ0) is 15.3. The topological polar surface area (TPSA) is 58.6 Å². The lowest BCUT2D eigenvalue weighted by molar-refractivity contribution is -0.129. The quantitative estimate of drug-likeness (QED) is 0.871. The van der Waals surface area contributed by atoms with Crippen LogP contribution in [0.15, 0.2) is 24.3 Å². The van der Waals surface area contributed by atoms with Gasteiger partial charge in [-0.05, 0) is 31.5 Å². The molecule has 0 fully saturated rings. The van der Waals surface area contributed by atoms with Crippen LogP contribution < -0.4 is 10.1 Å². The molecule has 20 heavy (non-hydrogen) atoms. The molecule has 0 unspecified atom stereocenters. The summed E-state index contributed by atoms with van der Waals surface area (Å²) in [5.74, 6) is 0.700. The van der Waals surface area contributed by atoms with Crippen LogP contribution in [0.1, 0.15) is 46.3 Å². The first kappa shape index (κ1) is 16.5. The first-order valence-corrected chi connectivity index (χ1v) is 6.93. The van der Waals surface area contributed by atoms with E-state index >= 15 is 0 Å². The van der Waals surface area contributed by atoms with Crippen molar-refractivity contribution in [2.75, 3.05) is 6.54 Å². The van der Waals surface area contributed by atoms with E-state index in [-0.39, 0.29) is 18.6 Å². The number of nitrogens with one attached hydrogen (secondary N) is 1. The maximum Gasteiger partial charge on any atom is 0.225 e. The van der Waals surface area contributed by atoms with E-state index < -0.39 is 11.5 Å². The van der Waals surface area contributed by atoms with Gasteiger partial charge >= 0.3 is 0 Å². The lowest BCUT2D eigenvalue weighted by Gasteiger charge is -2.20. The minimum absolute atomic E-state index is 0.0729. The molecule has 4 heteroatoms. The molecule has 0 aliphatic rings. The van der Waals surface area contributed by atoms with Gasteiger partial charge in [-0.1, -0.05) is 32.9 Å². The highest BCUT2D eigenvalue weighted by Crippen LogP contribution is 2.19. The van der Waals surface area contributed by atoms with Crippen molar-refractivity contribution in [3.8, 4) is 5.75 Å². The number of benzene rings is 1. The number of hydrogen-bond donors (Lipinski definition) is 2. The van der Waals surface area contributed by atoms with Gasteiger partial charge in [-0.25, -0.2) is 0 Å². The maximum atomic E-state index is 11.7. The lowest BCUT2D eigenvalue weighted by Crippen LogP contribution is -2.37. The molecule has 1 amide bonds. The second-order valence-electron chi connectivity index (χ2n) is 6.21. The molecule has 0 aliphatic carbocycles. The fourth-order valence-corrected chi connectivity index (χ4v) is 1.61. The van der Waals surface area contributed by atoms with Gasteiger partial charge in [0.05, 0.1) is 12.2 Å². The first-order chi connectivity index (χ1) is 9.20. The number of ether oxygens (including phenoxy) is 1. The molecule has 1 atom stereocenters. The molecule has 0 saturated heterocycles. The Labute approximate surface area is 121 Å². The molecule has 0 spiro atoms. The van der Waals surface area contributed by atoms with Gasteiger partial charge in [-0.2, -0.15) is 0 Å². The number of carbonyl (C=O) groups excluding carboxylic acids is 1. The van der Waals surface area contributed by atoms with Crippen molar-refractivity contribution in [2.24, 2.45) is 5.41 Å². The Bertz CT molecular complexity index is 432. The highest BCUT2D eigenvalue weighted by Gasteiger charge is 2.21. The summed E-state index contributed by atoms with van der Waals surface area (Å²) < 4.78 is 5.54. The van der Waals surface area contributed by atoms with Gasteiger partial charge < -0.3 is 15.2 Å². The molecule has 0 heterocycles. The summed E-state index contributed by atoms with van der Waals surface area (Å²) in [5, 5.41) is 12.8. The summed E-state index contributed by atoms with van der Waals surface area (Å²) in [6.45, 7) is 9.66. The third-order valence-electron chi connectivity index (χ3n) is 2.77. The van der Waals surface area contributed by atoms with Crippen molar-refractivity contribution in [1.82, 2.24) is 5.32 Å². The number of aliphatic hydroxyl groups excluding tert-OH is 1. The SMILES string of the molecule is CC(C)Oc1ccc([C@H](O)CNC(=O)C(C)(C)C)cc1. The zero-order valence-corrected chi connectivity index (χ0v) is 12.9. The molecule has 0 aromatic heterocycles. The van der Waals surface area contributed by atoms with Crippen molar-refractivity contribution >= 4 is 5.91 Å². The standard InChI is InChI=1S/C16H25NO3/c1-11(2)20-13-8-6-12(7-9-13)14(18)10-17-15(19)16(3,4)5/h6-9,11,14,18H,10H2,1-5H3,(H,17,19)/t14-/m1/s1. The summed E-state index contributed by atoms with van der Waals surface area (Å²) in [6.07, 6.45) is -0.591. The summed E-state index contributed by atoms with van der Waals surface area (Å²) >= 11 is 0. The van der Waals surface area contributed by atoms with Crippen LogP contribution >= 0.6 is 0 Å². The van der Waals surface area contributed by atoms with Crippen LogP contribution in [0, 0.1) is 5.41 Å². The summed E-state index contributed by atoms with van der Waals surface area (Å²) in [4.78, 5) is 11.7. The van der Waals surface area contributed by atoms with E-state index in [0.717, 1.165) is 11.3 Å². The largest absolute Gasteiger partial charge is 0.491 e. The molecule has 4 nitrogen and oxygen atoms in total. The van der Waals surface area contributed by atoms with E-state index in [1.165, 1.54) is 0 Å². The number of amides is 1. The minimum Gasteiger partial charge on any atom is -0.491 e. The summed E-state index contributed by atoms with van der Waals surface area (Å²) in [6, 6.07) is 7.27. The van der Waals surface area contributed by atoms with Crippen LogP contribution in [0.3, 0.4) is 0 Å². The molecular formula is C16H25NO3. The third kappa shape index (κ3) is 5.21. The Hall–Kier alpha value is -1.55. The van der Waals surface area contributed by atoms with Crippen LogP contribution in [-0.2, 0) is 4.79 Å². The predicted molar refractivity (Wildman–Crippen MR) is 79.6 cm³/mol. The Morgan fingerprint density at radius 3 is 2.25 bits per heavy atom. The van der Waals surface area contributed by atoms with Crippen LogP contribution in [0.25, 0.3) is 0 Å². The molecule has 1 aromatic carbocycles. The van der Waals surface area contributed by atoms with Crippen molar-refractivity contribution in [2.45, 2.75) is 46.8 Å². The van der Waals surface area contributed by atoms with Gasteiger partial charge in [-0.15, -0.1) is 0 Å². The van der Waals surface area contributed by atoms with Crippen LogP contribution in [0.2, 0.25) is 0 Å². The smallest absolute Gasteiger partial charge is 0.225 e. The number of aliphatic hydroxyl groups is 1. The van der Waals surface area contributed by atoms with Gasteiger partial charge in [0.15, 0.2) is 0 Å². The fraction of sp³-hybridized carbons (Fsp3) is 0.562. The average molecular weight is 279 g/mol. The van der Waals surface area contributed by atoms with E-state index in [1.54, 1.807) is 0 Å². The number of carbonyl (C=O) groups is 1. The molecule has 2 N–H and O–H groups in total. The highest BCUT2D eigenvalue weighted by atomic mass is 16.5. The van der Waals surface area contributed by atoms with Crippen LogP contribution in [0.5, 0.6) is 5.75 Å². The van der Waals surface area contributed by atoms with E-state index in [9.17, 15) is 9.90 Å². The van der Waals surface area contributed by atoms with Gasteiger partial charge in [0, 0.05) is 12.0 Å². The Morgan fingerprint density at radius 1 is 1.25 bits per heavy atom. The Balaban J connectivity index is 2.55. The van der Waals surface area contributed by atoms with Crippen molar-refractivity contribution in [3.63, 3.8) is 0 Å². The molecular weight excluding hydrogens is 254 g/mol. The summed E-state index contributed by atoms with van der Waals surface area (Å²) in [7, 11) is 0. The monoisotopic (exact) mass is 279 g/mol. The molecule has 0 radical (unpaired) electrons. The fourth-order valence-electron chi connectivity index (χ4n) is 1.61. The van der Waals surface area contributed by atoms with Crippen molar-refractivity contribution < 1.29 is 14.6 Å². The molecule has 1 rings (SSSR count). The minimum atomic E-state index is -0.714. The van der Waals surface area contributed by atoms with Gasteiger partial charge in [0.1, 0.15) is 5.75 Å². The van der Waals surface area contributed by atoms with Crippen molar-refractivity contribution in [3.05, 3.63) is 29.8 Å². The normalized spacial score (nSPS) is 13.2. The van der Waals surface area contributed by atoms with Gasteiger partial charge in [-0.3, -0.25) is 4.79 Å². The predicted octanol–water partition coefficient (Wildman–Crippen LogP) is 2.67. The first-order valence-electron chi connectivity index (χ1n) is 6.93. The number of hydrogen-bond acceptors (Lipinski definition) is 3. The lowest BCUT2D eigenvalue weighted by atomic mass is 9.95. The third-order valence-corrected chi connectivity index (χ3v) is 2.77. The Kier molecular flexibility index (Phi) is 5.57. The molecule has 112 valence electrons. The molecule has 0 aliphatic heterocycles. The van der Waals surface area contributed by atoms with Crippen LogP contribution in [-0.4, -0.2) is 23.7 Å². The molecule has 0 bridgehead atoms. The second kappa shape index (κ2) is 6.75. The van der Waals surface area contributed by atoms with Crippen molar-refractivity contribution in [1.29, 1.82) is 0 Å². The van der Waals surface area contributed by atoms with Gasteiger partial charge in [0.25, 0.3) is 0 Å². The number of rotatable bonds is 5.